The molecule has 1 heteroatoms. The molecule has 0 N–H and O–H groups in total. The lowest BCUT2D eigenvalue weighted by Gasteiger charge is -2.07. The van der Waals surface area contributed by atoms with Crippen LogP contribution in [-0.2, 0) is 0 Å². The fourth-order valence-electron chi connectivity index (χ4n) is 2.15. The van der Waals surface area contributed by atoms with E-state index in [1.54, 1.807) is 0 Å². The summed E-state index contributed by atoms with van der Waals surface area (Å²) in [6, 6.07) is 10.5. The van der Waals surface area contributed by atoms with Crippen LogP contribution in [0.4, 0.5) is 0 Å². The Morgan fingerprint density at radius 1 is 1.10 bits per heavy atom. The van der Waals surface area contributed by atoms with Gasteiger partial charge < -0.3 is 0 Å². The number of aromatic nitrogens is 1. The fraction of sp³-hybridized carbons (Fsp3) is 0.105. The molecule has 1 aromatic carbocycles. The molecule has 1 aromatic heterocycles. The van der Waals surface area contributed by atoms with Crippen molar-refractivity contribution >= 4 is 11.6 Å². The Kier molecular flexibility index (Phi) is 4.31. The molecule has 0 aliphatic heterocycles. The Morgan fingerprint density at radius 2 is 1.85 bits per heavy atom. The molecule has 1 heterocycles. The van der Waals surface area contributed by atoms with Gasteiger partial charge in [0.1, 0.15) is 0 Å². The Morgan fingerprint density at radius 3 is 2.40 bits per heavy atom. The zero-order valence-electron chi connectivity index (χ0n) is 12.1. The Bertz CT molecular complexity index is 661. The monoisotopic (exact) mass is 261 g/mol. The van der Waals surface area contributed by atoms with E-state index >= 15 is 0 Å². The van der Waals surface area contributed by atoms with Crippen LogP contribution in [0.15, 0.2) is 61.8 Å². The molecule has 1 nitrogen and oxygen atoms in total. The van der Waals surface area contributed by atoms with Crippen molar-refractivity contribution in [3.05, 3.63) is 78.7 Å². The van der Waals surface area contributed by atoms with E-state index in [1.807, 2.05) is 37.4 Å². The topological polar surface area (TPSA) is 12.9 Å². The van der Waals surface area contributed by atoms with Crippen molar-refractivity contribution in [1.29, 1.82) is 0 Å². The SMILES string of the molecule is C=C/C(=C\C)c1ccc(-c2ccc(C)c(C=C)c2)cn1. The first-order chi connectivity index (χ1) is 9.69. The molecule has 0 atom stereocenters. The van der Waals surface area contributed by atoms with E-state index in [1.165, 1.54) is 5.56 Å². The lowest BCUT2D eigenvalue weighted by Crippen LogP contribution is -1.89. The van der Waals surface area contributed by atoms with Gasteiger partial charge >= 0.3 is 0 Å². The van der Waals surface area contributed by atoms with Crippen molar-refractivity contribution in [1.82, 2.24) is 4.98 Å². The fourth-order valence-corrected chi connectivity index (χ4v) is 2.15. The highest BCUT2D eigenvalue weighted by atomic mass is 14.7. The van der Waals surface area contributed by atoms with Crippen LogP contribution in [0.3, 0.4) is 0 Å². The largest absolute Gasteiger partial charge is 0.256 e. The molecule has 0 amide bonds. The van der Waals surface area contributed by atoms with Crippen molar-refractivity contribution in [2.75, 3.05) is 0 Å². The van der Waals surface area contributed by atoms with Crippen molar-refractivity contribution in [2.45, 2.75) is 13.8 Å². The molecule has 0 bridgehead atoms. The van der Waals surface area contributed by atoms with E-state index in [4.69, 9.17) is 0 Å². The number of benzene rings is 1. The molecule has 0 aliphatic rings. The van der Waals surface area contributed by atoms with E-state index in [0.717, 1.165) is 28.0 Å². The lowest BCUT2D eigenvalue weighted by atomic mass is 10.0. The third-order valence-electron chi connectivity index (χ3n) is 3.42. The lowest BCUT2D eigenvalue weighted by molar-refractivity contribution is 1.28. The molecule has 0 saturated heterocycles. The molecule has 0 aliphatic carbocycles. The maximum Gasteiger partial charge on any atom is 0.0698 e. The third-order valence-corrected chi connectivity index (χ3v) is 3.42. The number of pyridine rings is 1. The normalized spacial score (nSPS) is 11.2. The van der Waals surface area contributed by atoms with Crippen LogP contribution < -0.4 is 0 Å². The molecule has 0 spiro atoms. The molecule has 2 rings (SSSR count). The Hall–Kier alpha value is -2.41. The van der Waals surface area contributed by atoms with Crippen LogP contribution in [0.2, 0.25) is 0 Å². The van der Waals surface area contributed by atoms with Crippen molar-refractivity contribution in [3.63, 3.8) is 0 Å². The second kappa shape index (κ2) is 6.16. The Labute approximate surface area is 121 Å². The van der Waals surface area contributed by atoms with E-state index in [-0.39, 0.29) is 0 Å². The maximum absolute atomic E-state index is 4.51. The summed E-state index contributed by atoms with van der Waals surface area (Å²) in [4.78, 5) is 4.51. The van der Waals surface area contributed by atoms with Gasteiger partial charge in [0.05, 0.1) is 5.69 Å². The number of rotatable bonds is 4. The van der Waals surface area contributed by atoms with E-state index in [0.29, 0.717) is 0 Å². The van der Waals surface area contributed by atoms with Gasteiger partial charge in [0.2, 0.25) is 0 Å². The summed E-state index contributed by atoms with van der Waals surface area (Å²) < 4.78 is 0. The van der Waals surface area contributed by atoms with Gasteiger partial charge in [-0.1, -0.05) is 49.6 Å². The average Bonchev–Trinajstić information content (AvgIpc) is 2.50. The van der Waals surface area contributed by atoms with Crippen LogP contribution in [0, 0.1) is 6.92 Å². The Balaban J connectivity index is 2.40. The number of nitrogens with zero attached hydrogens (tertiary/aromatic N) is 1. The van der Waals surface area contributed by atoms with Gasteiger partial charge in [-0.15, -0.1) is 0 Å². The molecule has 100 valence electrons. The minimum atomic E-state index is 0.947. The van der Waals surface area contributed by atoms with Gasteiger partial charge in [0, 0.05) is 11.8 Å². The second-order valence-corrected chi connectivity index (χ2v) is 4.66. The zero-order chi connectivity index (χ0) is 14.5. The third kappa shape index (κ3) is 2.77. The van der Waals surface area contributed by atoms with Crippen molar-refractivity contribution < 1.29 is 0 Å². The summed E-state index contributed by atoms with van der Waals surface area (Å²) in [5.41, 5.74) is 6.65. The van der Waals surface area contributed by atoms with Gasteiger partial charge in [-0.05, 0) is 48.2 Å². The molecule has 0 radical (unpaired) electrons. The van der Waals surface area contributed by atoms with Crippen LogP contribution in [-0.4, -0.2) is 4.98 Å². The van der Waals surface area contributed by atoms with Crippen LogP contribution in [0.1, 0.15) is 23.7 Å². The summed E-state index contributed by atoms with van der Waals surface area (Å²) in [6.07, 6.45) is 7.62. The van der Waals surface area contributed by atoms with E-state index in [2.05, 4.69) is 49.3 Å². The first-order valence-electron chi connectivity index (χ1n) is 6.68. The highest BCUT2D eigenvalue weighted by Gasteiger charge is 2.03. The zero-order valence-corrected chi connectivity index (χ0v) is 12.1. The quantitative estimate of drug-likeness (QED) is 0.681. The molecule has 20 heavy (non-hydrogen) atoms. The summed E-state index contributed by atoms with van der Waals surface area (Å²) in [6.45, 7) is 11.7. The maximum atomic E-state index is 4.51. The minimum absolute atomic E-state index is 0.947. The molecular formula is C19H19N. The summed E-state index contributed by atoms with van der Waals surface area (Å²) in [5, 5.41) is 0. The van der Waals surface area contributed by atoms with Crippen LogP contribution in [0.5, 0.6) is 0 Å². The van der Waals surface area contributed by atoms with E-state index < -0.39 is 0 Å². The number of hydrogen-bond acceptors (Lipinski definition) is 1. The van der Waals surface area contributed by atoms with Gasteiger partial charge in [-0.3, -0.25) is 4.98 Å². The van der Waals surface area contributed by atoms with Gasteiger partial charge in [-0.25, -0.2) is 0 Å². The molecule has 0 fully saturated rings. The second-order valence-electron chi connectivity index (χ2n) is 4.66. The molecule has 0 saturated carbocycles. The molecule has 0 unspecified atom stereocenters. The van der Waals surface area contributed by atoms with Crippen molar-refractivity contribution in [2.24, 2.45) is 0 Å². The predicted octanol–water partition coefficient (Wildman–Crippen LogP) is 5.29. The first-order valence-corrected chi connectivity index (χ1v) is 6.68. The summed E-state index contributed by atoms with van der Waals surface area (Å²) in [7, 11) is 0. The molecular weight excluding hydrogens is 242 g/mol. The minimum Gasteiger partial charge on any atom is -0.256 e. The van der Waals surface area contributed by atoms with E-state index in [9.17, 15) is 0 Å². The van der Waals surface area contributed by atoms with Crippen molar-refractivity contribution in [3.8, 4) is 11.1 Å². The predicted molar refractivity (Wildman–Crippen MR) is 88.3 cm³/mol. The smallest absolute Gasteiger partial charge is 0.0698 e. The first kappa shape index (κ1) is 14.0. The molecule has 2 aromatic rings. The number of allylic oxidation sites excluding steroid dienone is 3. The van der Waals surface area contributed by atoms with Gasteiger partial charge in [-0.2, -0.15) is 0 Å². The van der Waals surface area contributed by atoms with Gasteiger partial charge in [0.25, 0.3) is 0 Å². The summed E-state index contributed by atoms with van der Waals surface area (Å²) >= 11 is 0. The highest BCUT2D eigenvalue weighted by Crippen LogP contribution is 2.24. The number of hydrogen-bond donors (Lipinski definition) is 0. The van der Waals surface area contributed by atoms with Gasteiger partial charge in [0.15, 0.2) is 0 Å². The standard InChI is InChI=1S/C19H19N/c1-5-15(6-2)19-11-10-18(13-20-19)17-9-8-14(4)16(7-3)12-17/h5-13H,1,3H2,2,4H3/b15-6+. The number of aryl methyl sites for hydroxylation is 1. The average molecular weight is 261 g/mol. The highest BCUT2D eigenvalue weighted by molar-refractivity contribution is 5.73. The summed E-state index contributed by atoms with van der Waals surface area (Å²) in [5.74, 6) is 0. The van der Waals surface area contributed by atoms with Crippen LogP contribution in [0.25, 0.3) is 22.8 Å². The van der Waals surface area contributed by atoms with Crippen LogP contribution >= 0.6 is 0 Å².